The first-order valence-corrected chi connectivity index (χ1v) is 9.05. The van der Waals surface area contributed by atoms with Gasteiger partial charge in [-0.15, -0.1) is 0 Å². The molecule has 3 atom stereocenters. The second kappa shape index (κ2) is 5.28. The van der Waals surface area contributed by atoms with Crippen molar-refractivity contribution in [2.24, 2.45) is 29.1 Å². The van der Waals surface area contributed by atoms with Gasteiger partial charge in [-0.25, -0.2) is 0 Å². The highest BCUT2D eigenvalue weighted by Gasteiger charge is 2.57. The van der Waals surface area contributed by atoms with Crippen molar-refractivity contribution in [3.63, 3.8) is 0 Å². The number of hydrogen-bond donors (Lipinski definition) is 0. The molecule has 0 N–H and O–H groups in total. The van der Waals surface area contributed by atoms with Gasteiger partial charge >= 0.3 is 5.97 Å². The Morgan fingerprint density at radius 3 is 2.29 bits per heavy atom. The lowest BCUT2D eigenvalue weighted by Crippen LogP contribution is -2.44. The van der Waals surface area contributed by atoms with Crippen LogP contribution in [-0.4, -0.2) is 11.6 Å². The summed E-state index contributed by atoms with van der Waals surface area (Å²) in [5, 5.41) is 0. The molecule has 2 heteroatoms. The van der Waals surface area contributed by atoms with Crippen LogP contribution in [-0.2, 0) is 9.53 Å². The molecule has 21 heavy (non-hydrogen) atoms. The molecule has 0 radical (unpaired) electrons. The molecule has 0 aromatic carbocycles. The molecule has 120 valence electrons. The Kier molecular flexibility index (Phi) is 3.86. The molecule has 3 saturated carbocycles. The number of carbonyl (C=O) groups excluding carboxylic acids is 1. The van der Waals surface area contributed by atoms with Gasteiger partial charge in [-0.05, 0) is 69.1 Å². The Labute approximate surface area is 130 Å². The van der Waals surface area contributed by atoms with Crippen LogP contribution in [0.2, 0.25) is 0 Å². The topological polar surface area (TPSA) is 26.3 Å². The van der Waals surface area contributed by atoms with Crippen molar-refractivity contribution < 1.29 is 9.53 Å². The van der Waals surface area contributed by atoms with Crippen molar-refractivity contribution in [3.8, 4) is 0 Å². The summed E-state index contributed by atoms with van der Waals surface area (Å²) in [6.07, 6.45) is 10.2. The summed E-state index contributed by atoms with van der Waals surface area (Å²) in [6.45, 7) is 8.86. The fourth-order valence-electron chi connectivity index (χ4n) is 5.56. The van der Waals surface area contributed by atoms with Gasteiger partial charge in [-0.2, -0.15) is 0 Å². The van der Waals surface area contributed by atoms with Gasteiger partial charge in [0, 0.05) is 0 Å². The third-order valence-electron chi connectivity index (χ3n) is 7.00. The molecule has 0 heterocycles. The van der Waals surface area contributed by atoms with Gasteiger partial charge in [0.2, 0.25) is 0 Å². The van der Waals surface area contributed by atoms with Gasteiger partial charge in [-0.1, -0.05) is 33.1 Å². The molecule has 0 aliphatic heterocycles. The van der Waals surface area contributed by atoms with Crippen LogP contribution in [0.1, 0.15) is 79.1 Å². The standard InChI is InChI=1S/C19H32O2/c1-18(2)15-11-10-13(12-15)16(18)17(20)21-19(3,4)14-8-6-5-7-9-14/h13-16H,5-12H2,1-4H3. The van der Waals surface area contributed by atoms with E-state index in [2.05, 4.69) is 27.7 Å². The molecule has 3 rings (SSSR count). The minimum atomic E-state index is -0.282. The van der Waals surface area contributed by atoms with Crippen LogP contribution in [0.15, 0.2) is 0 Å². The first-order valence-electron chi connectivity index (χ1n) is 9.05. The summed E-state index contributed by atoms with van der Waals surface area (Å²) < 4.78 is 6.11. The number of hydrogen-bond acceptors (Lipinski definition) is 2. The van der Waals surface area contributed by atoms with Crippen LogP contribution in [0.25, 0.3) is 0 Å². The van der Waals surface area contributed by atoms with Crippen molar-refractivity contribution in [1.82, 2.24) is 0 Å². The predicted molar refractivity (Wildman–Crippen MR) is 84.8 cm³/mol. The van der Waals surface area contributed by atoms with E-state index in [9.17, 15) is 4.79 Å². The van der Waals surface area contributed by atoms with Crippen LogP contribution in [0, 0.1) is 29.1 Å². The first kappa shape index (κ1) is 15.4. The largest absolute Gasteiger partial charge is 0.459 e. The van der Waals surface area contributed by atoms with E-state index in [0.717, 1.165) is 5.92 Å². The maximum absolute atomic E-state index is 12.9. The van der Waals surface area contributed by atoms with Crippen LogP contribution in [0.3, 0.4) is 0 Å². The van der Waals surface area contributed by atoms with Crippen LogP contribution in [0.5, 0.6) is 0 Å². The molecule has 2 nitrogen and oxygen atoms in total. The quantitative estimate of drug-likeness (QED) is 0.687. The Morgan fingerprint density at radius 2 is 1.71 bits per heavy atom. The SMILES string of the molecule is CC(C)(OC(=O)C1C2CCC(C2)C1(C)C)C1CCCCC1. The van der Waals surface area contributed by atoms with Crippen molar-refractivity contribution in [2.45, 2.75) is 84.7 Å². The Balaban J connectivity index is 1.68. The third-order valence-corrected chi connectivity index (χ3v) is 7.00. The molecule has 3 fully saturated rings. The zero-order chi connectivity index (χ0) is 15.3. The van der Waals surface area contributed by atoms with Crippen LogP contribution < -0.4 is 0 Å². The molecule has 0 saturated heterocycles. The molecule has 0 spiro atoms. The van der Waals surface area contributed by atoms with E-state index < -0.39 is 0 Å². The van der Waals surface area contributed by atoms with Crippen molar-refractivity contribution in [1.29, 1.82) is 0 Å². The van der Waals surface area contributed by atoms with E-state index in [-0.39, 0.29) is 22.9 Å². The van der Waals surface area contributed by atoms with Gasteiger partial charge in [0.1, 0.15) is 5.60 Å². The molecule has 0 aromatic heterocycles. The zero-order valence-electron chi connectivity index (χ0n) is 14.3. The summed E-state index contributed by atoms with van der Waals surface area (Å²) in [6, 6.07) is 0. The Hall–Kier alpha value is -0.530. The second-order valence-electron chi connectivity index (χ2n) is 8.93. The minimum absolute atomic E-state index is 0.0998. The smallest absolute Gasteiger partial charge is 0.310 e. The number of esters is 1. The van der Waals surface area contributed by atoms with Crippen molar-refractivity contribution in [2.75, 3.05) is 0 Å². The second-order valence-corrected chi connectivity index (χ2v) is 8.93. The van der Waals surface area contributed by atoms with E-state index >= 15 is 0 Å². The van der Waals surface area contributed by atoms with Gasteiger partial charge in [0.15, 0.2) is 0 Å². The zero-order valence-corrected chi connectivity index (χ0v) is 14.3. The molecule has 2 bridgehead atoms. The highest BCUT2D eigenvalue weighted by atomic mass is 16.6. The average Bonchev–Trinajstić information content (AvgIpc) is 2.97. The number of ether oxygens (including phenoxy) is 1. The van der Waals surface area contributed by atoms with Crippen LogP contribution in [0.4, 0.5) is 0 Å². The fraction of sp³-hybridized carbons (Fsp3) is 0.947. The summed E-state index contributed by atoms with van der Waals surface area (Å²) in [7, 11) is 0. The lowest BCUT2D eigenvalue weighted by molar-refractivity contribution is -0.174. The Bertz CT molecular complexity index is 404. The molecule has 3 unspecified atom stereocenters. The normalized spacial score (nSPS) is 35.9. The maximum Gasteiger partial charge on any atom is 0.310 e. The summed E-state index contributed by atoms with van der Waals surface area (Å²) >= 11 is 0. The third kappa shape index (κ3) is 2.64. The summed E-state index contributed by atoms with van der Waals surface area (Å²) in [4.78, 5) is 12.9. The number of rotatable bonds is 3. The highest BCUT2D eigenvalue weighted by molar-refractivity contribution is 5.75. The van der Waals surface area contributed by atoms with Crippen LogP contribution >= 0.6 is 0 Å². The number of fused-ring (bicyclic) bond motifs is 2. The molecule has 3 aliphatic carbocycles. The van der Waals surface area contributed by atoms with Crippen molar-refractivity contribution >= 4 is 5.97 Å². The van der Waals surface area contributed by atoms with Crippen molar-refractivity contribution in [3.05, 3.63) is 0 Å². The molecular formula is C19H32O2. The highest BCUT2D eigenvalue weighted by Crippen LogP contribution is 2.59. The van der Waals surface area contributed by atoms with Gasteiger partial charge < -0.3 is 4.74 Å². The molecule has 0 amide bonds. The number of carbonyl (C=O) groups is 1. The minimum Gasteiger partial charge on any atom is -0.459 e. The first-order chi connectivity index (χ1) is 9.82. The van der Waals surface area contributed by atoms with E-state index in [1.165, 1.54) is 51.4 Å². The average molecular weight is 292 g/mol. The molecular weight excluding hydrogens is 260 g/mol. The fourth-order valence-corrected chi connectivity index (χ4v) is 5.56. The molecule has 0 aromatic rings. The van der Waals surface area contributed by atoms with Gasteiger partial charge in [0.05, 0.1) is 5.92 Å². The monoisotopic (exact) mass is 292 g/mol. The van der Waals surface area contributed by atoms with E-state index in [1.54, 1.807) is 0 Å². The Morgan fingerprint density at radius 1 is 1.05 bits per heavy atom. The summed E-state index contributed by atoms with van der Waals surface area (Å²) in [5.41, 5.74) is -0.141. The lowest BCUT2D eigenvalue weighted by Gasteiger charge is -2.41. The van der Waals surface area contributed by atoms with E-state index in [0.29, 0.717) is 11.8 Å². The lowest BCUT2D eigenvalue weighted by atomic mass is 9.68. The van der Waals surface area contributed by atoms with E-state index in [1.807, 2.05) is 0 Å². The maximum atomic E-state index is 12.9. The van der Waals surface area contributed by atoms with Gasteiger partial charge in [-0.3, -0.25) is 4.79 Å². The summed E-state index contributed by atoms with van der Waals surface area (Å²) in [5.74, 6) is 2.11. The molecule has 3 aliphatic rings. The predicted octanol–water partition coefficient (Wildman–Crippen LogP) is 4.96. The van der Waals surface area contributed by atoms with E-state index in [4.69, 9.17) is 4.74 Å². The van der Waals surface area contributed by atoms with Gasteiger partial charge in [0.25, 0.3) is 0 Å².